The van der Waals surface area contributed by atoms with Crippen LogP contribution in [0, 0.1) is 6.92 Å². The maximum absolute atomic E-state index is 13.3. The van der Waals surface area contributed by atoms with Crippen molar-refractivity contribution >= 4 is 17.2 Å². The molecule has 3 aromatic heterocycles. The van der Waals surface area contributed by atoms with E-state index >= 15 is 0 Å². The van der Waals surface area contributed by atoms with Crippen molar-refractivity contribution < 1.29 is 9.21 Å². The number of thiophene rings is 1. The summed E-state index contributed by atoms with van der Waals surface area (Å²) in [6.07, 6.45) is 4.74. The smallest absolute Gasteiger partial charge is 0.236 e. The van der Waals surface area contributed by atoms with Gasteiger partial charge in [-0.25, -0.2) is 4.98 Å². The largest absolute Gasteiger partial charge is 0.440 e. The number of nitrogens with zero attached hydrogens (tertiary/aromatic N) is 3. The van der Waals surface area contributed by atoms with Crippen molar-refractivity contribution in [3.05, 3.63) is 94.4 Å². The van der Waals surface area contributed by atoms with Gasteiger partial charge in [0.05, 0.1) is 17.0 Å². The molecule has 4 aromatic rings. The summed E-state index contributed by atoms with van der Waals surface area (Å²) < 4.78 is 5.82. The van der Waals surface area contributed by atoms with E-state index in [2.05, 4.69) is 41.2 Å². The topological polar surface area (TPSA) is 59.2 Å². The molecule has 5 nitrogen and oxygen atoms in total. The number of aryl methyl sites for hydroxylation is 2. The second-order valence-electron chi connectivity index (χ2n) is 7.46. The average molecular weight is 432 g/mol. The van der Waals surface area contributed by atoms with Crippen molar-refractivity contribution in [2.75, 3.05) is 0 Å². The summed E-state index contributed by atoms with van der Waals surface area (Å²) >= 11 is 1.57. The van der Waals surface area contributed by atoms with Gasteiger partial charge >= 0.3 is 0 Å². The van der Waals surface area contributed by atoms with Gasteiger partial charge in [-0.2, -0.15) is 0 Å². The molecular formula is C25H25N3O2S. The lowest BCUT2D eigenvalue weighted by Gasteiger charge is -2.23. The second kappa shape index (κ2) is 9.71. The van der Waals surface area contributed by atoms with Crippen LogP contribution in [0.1, 0.15) is 35.1 Å². The van der Waals surface area contributed by atoms with E-state index in [0.717, 1.165) is 22.4 Å². The summed E-state index contributed by atoms with van der Waals surface area (Å²) in [6, 6.07) is 16.2. The van der Waals surface area contributed by atoms with E-state index < -0.39 is 0 Å². The Balaban J connectivity index is 1.54. The van der Waals surface area contributed by atoms with Crippen LogP contribution in [0.3, 0.4) is 0 Å². The molecule has 0 aliphatic carbocycles. The van der Waals surface area contributed by atoms with Crippen LogP contribution in [0.4, 0.5) is 0 Å². The third-order valence-electron chi connectivity index (χ3n) is 5.20. The molecule has 1 amide bonds. The molecule has 0 aliphatic heterocycles. The monoisotopic (exact) mass is 431 g/mol. The number of carbonyl (C=O) groups is 1. The molecule has 0 N–H and O–H groups in total. The maximum Gasteiger partial charge on any atom is 0.236 e. The molecule has 1 aromatic carbocycles. The lowest BCUT2D eigenvalue weighted by atomic mass is 10.1. The third-order valence-corrected chi connectivity index (χ3v) is 6.05. The van der Waals surface area contributed by atoms with Gasteiger partial charge in [-0.05, 0) is 47.5 Å². The average Bonchev–Trinajstić information content (AvgIpc) is 3.45. The zero-order valence-corrected chi connectivity index (χ0v) is 18.6. The molecule has 0 aliphatic rings. The predicted molar refractivity (Wildman–Crippen MR) is 123 cm³/mol. The van der Waals surface area contributed by atoms with E-state index in [9.17, 15) is 4.79 Å². The molecule has 3 heterocycles. The fraction of sp³-hybridized carbons (Fsp3) is 0.240. The van der Waals surface area contributed by atoms with Crippen LogP contribution in [0.15, 0.2) is 70.7 Å². The highest BCUT2D eigenvalue weighted by Crippen LogP contribution is 2.26. The zero-order chi connectivity index (χ0) is 21.6. The maximum atomic E-state index is 13.3. The van der Waals surface area contributed by atoms with Crippen LogP contribution in [-0.4, -0.2) is 20.8 Å². The number of carbonyl (C=O) groups excluding carboxylic acids is 1. The van der Waals surface area contributed by atoms with Gasteiger partial charge in [0.2, 0.25) is 11.8 Å². The Bertz CT molecular complexity index is 1120. The molecule has 0 unspecified atom stereocenters. The van der Waals surface area contributed by atoms with E-state index in [1.165, 1.54) is 5.56 Å². The summed E-state index contributed by atoms with van der Waals surface area (Å²) in [5.41, 5.74) is 4.07. The highest BCUT2D eigenvalue weighted by molar-refractivity contribution is 7.13. The van der Waals surface area contributed by atoms with Crippen molar-refractivity contribution in [2.24, 2.45) is 0 Å². The van der Waals surface area contributed by atoms with Gasteiger partial charge in [0, 0.05) is 25.5 Å². The molecule has 0 saturated heterocycles. The van der Waals surface area contributed by atoms with Crippen molar-refractivity contribution in [1.82, 2.24) is 14.9 Å². The number of pyridine rings is 1. The van der Waals surface area contributed by atoms with E-state index in [4.69, 9.17) is 4.42 Å². The molecule has 0 atom stereocenters. The zero-order valence-electron chi connectivity index (χ0n) is 17.7. The Kier molecular flexibility index (Phi) is 6.57. The molecule has 0 radical (unpaired) electrons. The lowest BCUT2D eigenvalue weighted by Crippen LogP contribution is -2.31. The Morgan fingerprint density at radius 2 is 1.81 bits per heavy atom. The molecule has 0 bridgehead atoms. The molecule has 0 fully saturated rings. The van der Waals surface area contributed by atoms with E-state index in [-0.39, 0.29) is 12.3 Å². The number of hydrogen-bond acceptors (Lipinski definition) is 5. The number of oxazole rings is 1. The SMILES string of the molecule is CCc1ccc(CN(Cc2cccnc2)C(=O)Cc2nc(-c3cccs3)oc2C)cc1. The summed E-state index contributed by atoms with van der Waals surface area (Å²) in [7, 11) is 0. The first kappa shape index (κ1) is 21.0. The fourth-order valence-electron chi connectivity index (χ4n) is 3.40. The van der Waals surface area contributed by atoms with Crippen LogP contribution < -0.4 is 0 Å². The summed E-state index contributed by atoms with van der Waals surface area (Å²) in [4.78, 5) is 24.9. The third kappa shape index (κ3) is 5.27. The fourth-order valence-corrected chi connectivity index (χ4v) is 4.05. The minimum atomic E-state index is 0.0116. The first-order chi connectivity index (χ1) is 15.1. The van der Waals surface area contributed by atoms with Gasteiger partial charge in [-0.15, -0.1) is 11.3 Å². The molecular weight excluding hydrogens is 406 g/mol. The van der Waals surface area contributed by atoms with Crippen molar-refractivity contribution in [2.45, 2.75) is 39.8 Å². The first-order valence-electron chi connectivity index (χ1n) is 10.4. The van der Waals surface area contributed by atoms with Gasteiger partial charge in [0.15, 0.2) is 0 Å². The Hall–Kier alpha value is -3.25. The Labute approximate surface area is 186 Å². The van der Waals surface area contributed by atoms with Gasteiger partial charge in [-0.3, -0.25) is 9.78 Å². The number of amides is 1. The summed E-state index contributed by atoms with van der Waals surface area (Å²) in [5.74, 6) is 1.27. The molecule has 31 heavy (non-hydrogen) atoms. The van der Waals surface area contributed by atoms with E-state index in [0.29, 0.717) is 30.4 Å². The summed E-state index contributed by atoms with van der Waals surface area (Å²) in [6.45, 7) is 5.03. The van der Waals surface area contributed by atoms with Crippen LogP contribution in [0.5, 0.6) is 0 Å². The molecule has 0 spiro atoms. The number of aromatic nitrogens is 2. The van der Waals surface area contributed by atoms with Crippen molar-refractivity contribution in [3.8, 4) is 10.8 Å². The van der Waals surface area contributed by atoms with Gasteiger partial charge in [0.25, 0.3) is 0 Å². The normalized spacial score (nSPS) is 10.9. The molecule has 0 saturated carbocycles. The van der Waals surface area contributed by atoms with Crippen molar-refractivity contribution in [3.63, 3.8) is 0 Å². The molecule has 4 rings (SSSR count). The quantitative estimate of drug-likeness (QED) is 0.373. The highest BCUT2D eigenvalue weighted by atomic mass is 32.1. The van der Waals surface area contributed by atoms with E-state index in [1.54, 1.807) is 23.7 Å². The second-order valence-corrected chi connectivity index (χ2v) is 8.40. The van der Waals surface area contributed by atoms with Crippen molar-refractivity contribution in [1.29, 1.82) is 0 Å². The van der Waals surface area contributed by atoms with Gasteiger partial charge in [-0.1, -0.05) is 43.3 Å². The van der Waals surface area contributed by atoms with Crippen LogP contribution >= 0.6 is 11.3 Å². The number of hydrogen-bond donors (Lipinski definition) is 0. The van der Waals surface area contributed by atoms with Gasteiger partial charge in [0.1, 0.15) is 5.76 Å². The number of benzene rings is 1. The minimum Gasteiger partial charge on any atom is -0.440 e. The lowest BCUT2D eigenvalue weighted by molar-refractivity contribution is -0.131. The molecule has 6 heteroatoms. The van der Waals surface area contributed by atoms with Crippen LogP contribution in [-0.2, 0) is 30.7 Å². The van der Waals surface area contributed by atoms with Crippen LogP contribution in [0.25, 0.3) is 10.8 Å². The standard InChI is InChI=1S/C25H25N3O2S/c1-3-19-8-10-20(11-9-19)16-28(17-21-6-4-12-26-15-21)24(29)14-22-18(2)30-25(27-22)23-7-5-13-31-23/h4-13,15H,3,14,16-17H2,1-2H3. The Morgan fingerprint density at radius 1 is 1.03 bits per heavy atom. The number of rotatable bonds is 8. The minimum absolute atomic E-state index is 0.0116. The van der Waals surface area contributed by atoms with E-state index in [1.807, 2.05) is 41.5 Å². The van der Waals surface area contributed by atoms with Crippen LogP contribution in [0.2, 0.25) is 0 Å². The van der Waals surface area contributed by atoms with Gasteiger partial charge < -0.3 is 9.32 Å². The highest BCUT2D eigenvalue weighted by Gasteiger charge is 2.20. The Morgan fingerprint density at radius 3 is 2.48 bits per heavy atom. The summed E-state index contributed by atoms with van der Waals surface area (Å²) in [5, 5.41) is 1.99. The first-order valence-corrected chi connectivity index (χ1v) is 11.2. The molecule has 158 valence electrons. The predicted octanol–water partition coefficient (Wildman–Crippen LogP) is 5.44.